The lowest BCUT2D eigenvalue weighted by Gasteiger charge is -2.17. The minimum atomic E-state index is -4.00. The fraction of sp³-hybridized carbons (Fsp3) is 0.200. The van der Waals surface area contributed by atoms with Crippen LogP contribution in [0.4, 0.5) is 11.4 Å². The molecule has 2 N–H and O–H groups in total. The molecule has 0 spiro atoms. The Morgan fingerprint density at radius 3 is 2.17 bits per heavy atom. The van der Waals surface area contributed by atoms with Crippen molar-refractivity contribution in [1.82, 2.24) is 5.16 Å². The van der Waals surface area contributed by atoms with E-state index >= 15 is 0 Å². The Kier molecular flexibility index (Phi) is 5.97. The van der Waals surface area contributed by atoms with E-state index in [2.05, 4.69) is 15.2 Å². The number of aryl methyl sites for hydroxylation is 2. The van der Waals surface area contributed by atoms with Gasteiger partial charge in [-0.3, -0.25) is 9.52 Å². The second kappa shape index (κ2) is 8.46. The summed E-state index contributed by atoms with van der Waals surface area (Å²) in [6, 6.07) is 11.6. The summed E-state index contributed by atoms with van der Waals surface area (Å²) in [5, 5.41) is 6.42. The first-order chi connectivity index (χ1) is 14.3. The standard InChI is InChI=1S/C20H21N3O6S/c1-12-19(13(2)29-22-12)30(25,26)23-16-11-17(27-3)15(10-18(16)28-4)21-20(24)14-8-6-5-7-9-14/h5-11,23H,1-4H3,(H,21,24). The van der Waals surface area contributed by atoms with Gasteiger partial charge in [-0.2, -0.15) is 0 Å². The number of anilines is 2. The Morgan fingerprint density at radius 1 is 1.00 bits per heavy atom. The van der Waals surface area contributed by atoms with Crippen LogP contribution in [0.25, 0.3) is 0 Å². The van der Waals surface area contributed by atoms with E-state index in [4.69, 9.17) is 14.0 Å². The predicted molar refractivity (Wildman–Crippen MR) is 111 cm³/mol. The van der Waals surface area contributed by atoms with Crippen LogP contribution in [0.2, 0.25) is 0 Å². The Morgan fingerprint density at radius 2 is 1.60 bits per heavy atom. The van der Waals surface area contributed by atoms with Gasteiger partial charge in [-0.05, 0) is 26.0 Å². The molecule has 0 aliphatic carbocycles. The van der Waals surface area contributed by atoms with Crippen molar-refractivity contribution in [2.24, 2.45) is 0 Å². The zero-order valence-corrected chi connectivity index (χ0v) is 17.7. The third-order valence-electron chi connectivity index (χ3n) is 4.29. The van der Waals surface area contributed by atoms with Crippen molar-refractivity contribution in [2.45, 2.75) is 18.7 Å². The van der Waals surface area contributed by atoms with Crippen LogP contribution < -0.4 is 19.5 Å². The van der Waals surface area contributed by atoms with E-state index in [0.717, 1.165) is 0 Å². The number of amides is 1. The normalized spacial score (nSPS) is 11.1. The fourth-order valence-corrected chi connectivity index (χ4v) is 4.31. The zero-order chi connectivity index (χ0) is 21.9. The number of hydrogen-bond donors (Lipinski definition) is 2. The van der Waals surface area contributed by atoms with Crippen LogP contribution in [-0.4, -0.2) is 33.7 Å². The van der Waals surface area contributed by atoms with Crippen LogP contribution >= 0.6 is 0 Å². The van der Waals surface area contributed by atoms with Gasteiger partial charge in [0, 0.05) is 17.7 Å². The molecule has 0 fully saturated rings. The molecule has 158 valence electrons. The van der Waals surface area contributed by atoms with E-state index in [-0.39, 0.29) is 39.4 Å². The quantitative estimate of drug-likeness (QED) is 0.588. The molecule has 0 radical (unpaired) electrons. The highest BCUT2D eigenvalue weighted by atomic mass is 32.2. The lowest BCUT2D eigenvalue weighted by molar-refractivity contribution is 0.102. The van der Waals surface area contributed by atoms with Gasteiger partial charge in [0.15, 0.2) is 10.7 Å². The first kappa shape index (κ1) is 21.2. The van der Waals surface area contributed by atoms with Crippen LogP contribution in [0.1, 0.15) is 21.8 Å². The van der Waals surface area contributed by atoms with Crippen LogP contribution in [-0.2, 0) is 10.0 Å². The van der Waals surface area contributed by atoms with Gasteiger partial charge in [0.2, 0.25) is 0 Å². The Labute approximate surface area is 174 Å². The van der Waals surface area contributed by atoms with Crippen molar-refractivity contribution < 1.29 is 27.2 Å². The lowest BCUT2D eigenvalue weighted by Crippen LogP contribution is -2.16. The molecule has 0 aliphatic rings. The van der Waals surface area contributed by atoms with Gasteiger partial charge in [0.1, 0.15) is 17.2 Å². The fourth-order valence-electron chi connectivity index (χ4n) is 2.91. The van der Waals surface area contributed by atoms with Gasteiger partial charge in [0.25, 0.3) is 15.9 Å². The molecule has 1 aromatic heterocycles. The number of carbonyl (C=O) groups is 1. The Hall–Kier alpha value is -3.53. The minimum Gasteiger partial charge on any atom is -0.494 e. The van der Waals surface area contributed by atoms with Crippen molar-refractivity contribution in [1.29, 1.82) is 0 Å². The highest BCUT2D eigenvalue weighted by Crippen LogP contribution is 2.38. The number of methoxy groups -OCH3 is 2. The molecule has 3 aromatic rings. The van der Waals surface area contributed by atoms with E-state index in [9.17, 15) is 13.2 Å². The molecule has 9 nitrogen and oxygen atoms in total. The van der Waals surface area contributed by atoms with Crippen molar-refractivity contribution in [3.63, 3.8) is 0 Å². The number of benzene rings is 2. The average molecular weight is 431 g/mol. The van der Waals surface area contributed by atoms with Crippen LogP contribution in [0.3, 0.4) is 0 Å². The highest BCUT2D eigenvalue weighted by Gasteiger charge is 2.26. The number of carbonyl (C=O) groups excluding carboxylic acids is 1. The largest absolute Gasteiger partial charge is 0.494 e. The van der Waals surface area contributed by atoms with E-state index in [1.807, 2.05) is 0 Å². The molecule has 0 saturated heterocycles. The maximum Gasteiger partial charge on any atom is 0.267 e. The molecule has 0 saturated carbocycles. The van der Waals surface area contributed by atoms with Crippen LogP contribution in [0.5, 0.6) is 11.5 Å². The van der Waals surface area contributed by atoms with Crippen molar-refractivity contribution in [3.8, 4) is 11.5 Å². The topological polar surface area (TPSA) is 120 Å². The van der Waals surface area contributed by atoms with Gasteiger partial charge in [0.05, 0.1) is 25.6 Å². The molecule has 0 unspecified atom stereocenters. The first-order valence-electron chi connectivity index (χ1n) is 8.85. The summed E-state index contributed by atoms with van der Waals surface area (Å²) < 4.78 is 43.8. The molecule has 2 aromatic carbocycles. The summed E-state index contributed by atoms with van der Waals surface area (Å²) in [7, 11) is -1.20. The molecule has 10 heteroatoms. The van der Waals surface area contributed by atoms with Crippen LogP contribution in [0, 0.1) is 13.8 Å². The monoisotopic (exact) mass is 431 g/mol. The number of sulfonamides is 1. The summed E-state index contributed by atoms with van der Waals surface area (Å²) in [4.78, 5) is 12.4. The summed E-state index contributed by atoms with van der Waals surface area (Å²) in [6.07, 6.45) is 0. The summed E-state index contributed by atoms with van der Waals surface area (Å²) in [5.74, 6) is 0.253. The van der Waals surface area contributed by atoms with Crippen LogP contribution in [0.15, 0.2) is 51.9 Å². The number of rotatable bonds is 7. The van der Waals surface area contributed by atoms with Gasteiger partial charge in [-0.15, -0.1) is 0 Å². The summed E-state index contributed by atoms with van der Waals surface area (Å²) >= 11 is 0. The maximum atomic E-state index is 12.8. The van der Waals surface area contributed by atoms with Gasteiger partial charge in [-0.25, -0.2) is 8.42 Å². The number of ether oxygens (including phenoxy) is 2. The number of aromatic nitrogens is 1. The second-order valence-corrected chi connectivity index (χ2v) is 7.95. The number of nitrogens with one attached hydrogen (secondary N) is 2. The Bertz CT molecular complexity index is 1150. The highest BCUT2D eigenvalue weighted by molar-refractivity contribution is 7.92. The third kappa shape index (κ3) is 4.23. The smallest absolute Gasteiger partial charge is 0.267 e. The second-order valence-electron chi connectivity index (χ2n) is 6.33. The molecule has 3 rings (SSSR count). The lowest BCUT2D eigenvalue weighted by atomic mass is 10.2. The molecule has 1 heterocycles. The number of hydrogen-bond acceptors (Lipinski definition) is 7. The van der Waals surface area contributed by atoms with E-state index < -0.39 is 10.0 Å². The average Bonchev–Trinajstić information content (AvgIpc) is 3.08. The molecule has 0 bridgehead atoms. The molecule has 0 aliphatic heterocycles. The maximum absolute atomic E-state index is 12.8. The minimum absolute atomic E-state index is 0.0509. The molecular weight excluding hydrogens is 410 g/mol. The molecule has 1 amide bonds. The van der Waals surface area contributed by atoms with Gasteiger partial charge >= 0.3 is 0 Å². The first-order valence-corrected chi connectivity index (χ1v) is 10.3. The van der Waals surface area contributed by atoms with Crippen molar-refractivity contribution >= 4 is 27.3 Å². The van der Waals surface area contributed by atoms with Gasteiger partial charge in [-0.1, -0.05) is 23.4 Å². The van der Waals surface area contributed by atoms with E-state index in [1.165, 1.54) is 40.2 Å². The zero-order valence-electron chi connectivity index (χ0n) is 16.8. The number of nitrogens with zero attached hydrogens (tertiary/aromatic N) is 1. The SMILES string of the molecule is COc1cc(NS(=O)(=O)c2c(C)noc2C)c(OC)cc1NC(=O)c1ccccc1. The summed E-state index contributed by atoms with van der Waals surface area (Å²) in [6.45, 7) is 3.04. The van der Waals surface area contributed by atoms with E-state index in [0.29, 0.717) is 11.3 Å². The van der Waals surface area contributed by atoms with Crippen molar-refractivity contribution in [2.75, 3.05) is 24.3 Å². The molecule has 30 heavy (non-hydrogen) atoms. The third-order valence-corrected chi connectivity index (χ3v) is 5.90. The predicted octanol–water partition coefficient (Wildman–Crippen LogP) is 3.36. The Balaban J connectivity index is 1.96. The summed E-state index contributed by atoms with van der Waals surface area (Å²) in [5.41, 5.74) is 1.15. The molecular formula is C20H21N3O6S. The van der Waals surface area contributed by atoms with E-state index in [1.54, 1.807) is 30.3 Å². The van der Waals surface area contributed by atoms with Gasteiger partial charge < -0.3 is 19.3 Å². The van der Waals surface area contributed by atoms with Crippen molar-refractivity contribution in [3.05, 3.63) is 59.5 Å². The molecule has 0 atom stereocenters.